The first-order valence-corrected chi connectivity index (χ1v) is 4.77. The predicted octanol–water partition coefficient (Wildman–Crippen LogP) is 3.15. The van der Waals surface area contributed by atoms with Crippen molar-refractivity contribution in [3.8, 4) is 0 Å². The molecule has 1 aromatic carbocycles. The number of fused-ring (bicyclic) bond motifs is 1. The van der Waals surface area contributed by atoms with Gasteiger partial charge in [0.15, 0.2) is 0 Å². The average molecular weight is 229 g/mol. The summed E-state index contributed by atoms with van der Waals surface area (Å²) in [4.78, 5) is 2.93. The van der Waals surface area contributed by atoms with Crippen LogP contribution in [0.5, 0.6) is 0 Å². The smallest absolute Gasteiger partial charge is 0.388 e. The van der Waals surface area contributed by atoms with Gasteiger partial charge in [0.05, 0.1) is 12.5 Å². The number of alkyl halides is 3. The molecule has 0 aliphatic heterocycles. The SMILES string of the molecule is OC(CC(F)(F)F)c1ccc2[nH]ccc2c1. The molecule has 2 nitrogen and oxygen atoms in total. The summed E-state index contributed by atoms with van der Waals surface area (Å²) in [5.41, 5.74) is 1.12. The Morgan fingerprint density at radius 3 is 2.69 bits per heavy atom. The predicted molar refractivity (Wildman–Crippen MR) is 53.9 cm³/mol. The summed E-state index contributed by atoms with van der Waals surface area (Å²) < 4.78 is 36.2. The van der Waals surface area contributed by atoms with Gasteiger partial charge < -0.3 is 10.1 Å². The summed E-state index contributed by atoms with van der Waals surface area (Å²) >= 11 is 0. The van der Waals surface area contributed by atoms with Crippen molar-refractivity contribution in [1.29, 1.82) is 0 Å². The molecule has 0 saturated heterocycles. The lowest BCUT2D eigenvalue weighted by Crippen LogP contribution is -2.13. The Morgan fingerprint density at radius 2 is 2.00 bits per heavy atom. The minimum Gasteiger partial charge on any atom is -0.388 e. The van der Waals surface area contributed by atoms with Gasteiger partial charge in [-0.05, 0) is 29.1 Å². The van der Waals surface area contributed by atoms with Crippen molar-refractivity contribution in [2.24, 2.45) is 0 Å². The third-order valence-corrected chi connectivity index (χ3v) is 2.39. The van der Waals surface area contributed by atoms with Gasteiger partial charge in [0.1, 0.15) is 0 Å². The van der Waals surface area contributed by atoms with E-state index >= 15 is 0 Å². The van der Waals surface area contributed by atoms with Gasteiger partial charge >= 0.3 is 6.18 Å². The normalized spacial score (nSPS) is 14.2. The van der Waals surface area contributed by atoms with E-state index in [0.29, 0.717) is 0 Å². The summed E-state index contributed by atoms with van der Waals surface area (Å²) in [5, 5.41) is 10.2. The average Bonchev–Trinajstić information content (AvgIpc) is 2.61. The maximum Gasteiger partial charge on any atom is 0.391 e. The first-order valence-electron chi connectivity index (χ1n) is 4.77. The third-order valence-electron chi connectivity index (χ3n) is 2.39. The molecule has 0 saturated carbocycles. The molecule has 2 N–H and O–H groups in total. The summed E-state index contributed by atoms with van der Waals surface area (Å²) in [7, 11) is 0. The highest BCUT2D eigenvalue weighted by Crippen LogP contribution is 2.30. The Labute approximate surface area is 89.7 Å². The van der Waals surface area contributed by atoms with Crippen LogP contribution in [0.1, 0.15) is 18.1 Å². The lowest BCUT2D eigenvalue weighted by Gasteiger charge is -2.13. The van der Waals surface area contributed by atoms with E-state index in [9.17, 15) is 18.3 Å². The summed E-state index contributed by atoms with van der Waals surface area (Å²) in [6, 6.07) is 6.46. The number of halogens is 3. The van der Waals surface area contributed by atoms with Gasteiger partial charge in [-0.25, -0.2) is 0 Å². The van der Waals surface area contributed by atoms with Crippen molar-refractivity contribution < 1.29 is 18.3 Å². The van der Waals surface area contributed by atoms with Crippen molar-refractivity contribution in [2.75, 3.05) is 0 Å². The Balaban J connectivity index is 2.25. The van der Waals surface area contributed by atoms with Crippen LogP contribution in [0.15, 0.2) is 30.5 Å². The zero-order valence-corrected chi connectivity index (χ0v) is 8.25. The molecule has 5 heteroatoms. The van der Waals surface area contributed by atoms with Gasteiger partial charge in [0.25, 0.3) is 0 Å². The van der Waals surface area contributed by atoms with Crippen molar-refractivity contribution in [2.45, 2.75) is 18.7 Å². The monoisotopic (exact) mass is 229 g/mol. The highest BCUT2D eigenvalue weighted by molar-refractivity contribution is 5.79. The molecule has 0 radical (unpaired) electrons. The Bertz CT molecular complexity index is 489. The van der Waals surface area contributed by atoms with Crippen molar-refractivity contribution >= 4 is 10.9 Å². The van der Waals surface area contributed by atoms with E-state index in [1.807, 2.05) is 0 Å². The highest BCUT2D eigenvalue weighted by Gasteiger charge is 2.31. The molecule has 0 fully saturated rings. The quantitative estimate of drug-likeness (QED) is 0.815. The largest absolute Gasteiger partial charge is 0.391 e. The zero-order chi connectivity index (χ0) is 11.8. The van der Waals surface area contributed by atoms with Crippen LogP contribution in [0.25, 0.3) is 10.9 Å². The van der Waals surface area contributed by atoms with Crippen LogP contribution >= 0.6 is 0 Å². The number of H-pyrrole nitrogens is 1. The van der Waals surface area contributed by atoms with Crippen LogP contribution in [0.2, 0.25) is 0 Å². The molecule has 2 rings (SSSR count). The van der Waals surface area contributed by atoms with Crippen LogP contribution in [0.3, 0.4) is 0 Å². The molecule has 0 aliphatic carbocycles. The molecular weight excluding hydrogens is 219 g/mol. The number of nitrogens with one attached hydrogen (secondary N) is 1. The zero-order valence-electron chi connectivity index (χ0n) is 8.25. The van der Waals surface area contributed by atoms with Gasteiger partial charge in [0, 0.05) is 11.7 Å². The maximum absolute atomic E-state index is 12.1. The van der Waals surface area contributed by atoms with Crippen LogP contribution < -0.4 is 0 Å². The van der Waals surface area contributed by atoms with E-state index in [4.69, 9.17) is 0 Å². The molecule has 1 aromatic heterocycles. The van der Waals surface area contributed by atoms with Crippen LogP contribution in [0, 0.1) is 0 Å². The van der Waals surface area contributed by atoms with Crippen LogP contribution in [-0.4, -0.2) is 16.3 Å². The fourth-order valence-electron chi connectivity index (χ4n) is 1.62. The highest BCUT2D eigenvalue weighted by atomic mass is 19.4. The Hall–Kier alpha value is -1.49. The maximum atomic E-state index is 12.1. The standard InChI is InChI=1S/C11H10F3NO/c12-11(13,14)6-10(16)8-1-2-9-7(5-8)3-4-15-9/h1-5,10,15-16H,6H2. The summed E-state index contributed by atoms with van der Waals surface area (Å²) in [5.74, 6) is 0. The second kappa shape index (κ2) is 3.83. The second-order valence-electron chi connectivity index (χ2n) is 3.66. The number of hydrogen-bond acceptors (Lipinski definition) is 1. The van der Waals surface area contributed by atoms with Gasteiger partial charge in [0.2, 0.25) is 0 Å². The minimum atomic E-state index is -4.35. The van der Waals surface area contributed by atoms with Crippen LogP contribution in [-0.2, 0) is 0 Å². The number of aliphatic hydroxyl groups is 1. The van der Waals surface area contributed by atoms with E-state index < -0.39 is 18.7 Å². The lowest BCUT2D eigenvalue weighted by molar-refractivity contribution is -0.154. The molecule has 1 unspecified atom stereocenters. The first kappa shape index (κ1) is 11.0. The molecule has 0 aliphatic rings. The van der Waals surface area contributed by atoms with Gasteiger partial charge in [-0.15, -0.1) is 0 Å². The third kappa shape index (κ3) is 2.36. The van der Waals surface area contributed by atoms with Gasteiger partial charge in [-0.2, -0.15) is 13.2 Å². The molecule has 0 spiro atoms. The number of aliphatic hydroxyl groups excluding tert-OH is 1. The summed E-state index contributed by atoms with van der Waals surface area (Å²) in [6.07, 6.45) is -5.38. The lowest BCUT2D eigenvalue weighted by atomic mass is 10.0. The number of aromatic nitrogens is 1. The number of aromatic amines is 1. The molecule has 1 atom stereocenters. The van der Waals surface area contributed by atoms with E-state index in [1.165, 1.54) is 6.07 Å². The van der Waals surface area contributed by atoms with E-state index in [0.717, 1.165) is 10.9 Å². The van der Waals surface area contributed by atoms with Gasteiger partial charge in [-0.3, -0.25) is 0 Å². The molecule has 1 heterocycles. The Morgan fingerprint density at radius 1 is 1.25 bits per heavy atom. The van der Waals surface area contributed by atoms with Crippen LogP contribution in [0.4, 0.5) is 13.2 Å². The molecule has 86 valence electrons. The molecular formula is C11H10F3NO. The fraction of sp³-hybridized carbons (Fsp3) is 0.273. The van der Waals surface area contributed by atoms with Gasteiger partial charge in [-0.1, -0.05) is 6.07 Å². The van der Waals surface area contributed by atoms with Crippen molar-refractivity contribution in [1.82, 2.24) is 4.98 Å². The van der Waals surface area contributed by atoms with E-state index in [2.05, 4.69) is 4.98 Å². The summed E-state index contributed by atoms with van der Waals surface area (Å²) in [6.45, 7) is 0. The molecule has 16 heavy (non-hydrogen) atoms. The fourth-order valence-corrected chi connectivity index (χ4v) is 1.62. The minimum absolute atomic E-state index is 0.282. The second-order valence-corrected chi connectivity index (χ2v) is 3.66. The van der Waals surface area contributed by atoms with E-state index in [1.54, 1.807) is 24.4 Å². The topological polar surface area (TPSA) is 36.0 Å². The number of rotatable bonds is 2. The Kier molecular flexibility index (Phi) is 2.63. The first-order chi connectivity index (χ1) is 7.46. The number of benzene rings is 1. The molecule has 0 bridgehead atoms. The van der Waals surface area contributed by atoms with Crippen molar-refractivity contribution in [3.05, 3.63) is 36.0 Å². The van der Waals surface area contributed by atoms with E-state index in [-0.39, 0.29) is 5.56 Å². The molecule has 0 amide bonds. The molecule has 2 aromatic rings. The number of hydrogen-bond donors (Lipinski definition) is 2. The van der Waals surface area contributed by atoms with Crippen molar-refractivity contribution in [3.63, 3.8) is 0 Å².